The highest BCUT2D eigenvalue weighted by Crippen LogP contribution is 2.31. The van der Waals surface area contributed by atoms with E-state index in [4.69, 9.17) is 9.47 Å². The monoisotopic (exact) mass is 262 g/mol. The number of aromatic nitrogens is 2. The Kier molecular flexibility index (Phi) is 4.04. The van der Waals surface area contributed by atoms with Crippen molar-refractivity contribution in [2.24, 2.45) is 0 Å². The summed E-state index contributed by atoms with van der Waals surface area (Å²) in [6.07, 6.45) is 1.72. The van der Waals surface area contributed by atoms with Crippen LogP contribution in [-0.2, 0) is 5.75 Å². The molecule has 0 N–H and O–H groups in total. The molecule has 2 aromatic rings. The Morgan fingerprint density at radius 3 is 2.67 bits per heavy atom. The summed E-state index contributed by atoms with van der Waals surface area (Å²) in [5, 5.41) is 0. The molecule has 0 unspecified atom stereocenters. The van der Waals surface area contributed by atoms with Crippen molar-refractivity contribution in [3.8, 4) is 22.8 Å². The highest BCUT2D eigenvalue weighted by atomic mass is 32.1. The molecule has 0 amide bonds. The summed E-state index contributed by atoms with van der Waals surface area (Å²) < 4.78 is 10.5. The Balaban J connectivity index is 2.48. The van der Waals surface area contributed by atoms with Gasteiger partial charge in [0.05, 0.1) is 25.7 Å². The van der Waals surface area contributed by atoms with Crippen molar-refractivity contribution in [3.63, 3.8) is 0 Å². The molecule has 0 radical (unpaired) electrons. The second-order valence-corrected chi connectivity index (χ2v) is 3.90. The lowest BCUT2D eigenvalue weighted by Crippen LogP contribution is -1.95. The molecule has 2 rings (SSSR count). The predicted octanol–water partition coefficient (Wildman–Crippen LogP) is 2.59. The molecule has 1 aromatic heterocycles. The summed E-state index contributed by atoms with van der Waals surface area (Å²) in [4.78, 5) is 8.54. The van der Waals surface area contributed by atoms with Gasteiger partial charge >= 0.3 is 0 Å². The first-order valence-electron chi connectivity index (χ1n) is 5.43. The van der Waals surface area contributed by atoms with Gasteiger partial charge in [-0.3, -0.25) is 0 Å². The van der Waals surface area contributed by atoms with E-state index in [1.54, 1.807) is 20.4 Å². The van der Waals surface area contributed by atoms with Crippen molar-refractivity contribution in [3.05, 3.63) is 36.3 Å². The SMILES string of the molecule is COc1ccc(-c2ccnc(CS)n2)c(OC)c1. The molecule has 1 heterocycles. The third kappa shape index (κ3) is 2.56. The molecule has 0 aliphatic rings. The summed E-state index contributed by atoms with van der Waals surface area (Å²) in [6.45, 7) is 0. The lowest BCUT2D eigenvalue weighted by Gasteiger charge is -2.10. The van der Waals surface area contributed by atoms with Crippen LogP contribution in [0.3, 0.4) is 0 Å². The summed E-state index contributed by atoms with van der Waals surface area (Å²) in [5.41, 5.74) is 1.72. The smallest absolute Gasteiger partial charge is 0.138 e. The van der Waals surface area contributed by atoms with E-state index in [0.29, 0.717) is 11.6 Å². The van der Waals surface area contributed by atoms with E-state index >= 15 is 0 Å². The Morgan fingerprint density at radius 1 is 1.17 bits per heavy atom. The zero-order chi connectivity index (χ0) is 13.0. The first-order valence-corrected chi connectivity index (χ1v) is 6.07. The van der Waals surface area contributed by atoms with Crippen molar-refractivity contribution in [2.75, 3.05) is 14.2 Å². The molecule has 0 spiro atoms. The molecule has 5 heteroatoms. The molecular formula is C13H14N2O2S. The van der Waals surface area contributed by atoms with Gasteiger partial charge in [-0.15, -0.1) is 0 Å². The number of nitrogens with zero attached hydrogens (tertiary/aromatic N) is 2. The van der Waals surface area contributed by atoms with Crippen LogP contribution < -0.4 is 9.47 Å². The number of thiol groups is 1. The molecule has 0 aliphatic heterocycles. The van der Waals surface area contributed by atoms with Crippen LogP contribution in [0.1, 0.15) is 5.82 Å². The van der Waals surface area contributed by atoms with E-state index in [9.17, 15) is 0 Å². The molecule has 0 atom stereocenters. The number of hydrogen-bond acceptors (Lipinski definition) is 5. The first-order chi connectivity index (χ1) is 8.78. The lowest BCUT2D eigenvalue weighted by atomic mass is 10.1. The van der Waals surface area contributed by atoms with Crippen molar-refractivity contribution in [1.29, 1.82) is 0 Å². The van der Waals surface area contributed by atoms with Crippen LogP contribution in [0.4, 0.5) is 0 Å². The average molecular weight is 262 g/mol. The molecular weight excluding hydrogens is 248 g/mol. The summed E-state index contributed by atoms with van der Waals surface area (Å²) in [5.74, 6) is 2.66. The first kappa shape index (κ1) is 12.7. The highest BCUT2D eigenvalue weighted by molar-refractivity contribution is 7.79. The van der Waals surface area contributed by atoms with Crippen LogP contribution in [0, 0.1) is 0 Å². The van der Waals surface area contributed by atoms with Crippen LogP contribution >= 0.6 is 12.6 Å². The lowest BCUT2D eigenvalue weighted by molar-refractivity contribution is 0.395. The quantitative estimate of drug-likeness (QED) is 0.860. The minimum absolute atomic E-state index is 0.506. The van der Waals surface area contributed by atoms with Gasteiger partial charge in [-0.2, -0.15) is 12.6 Å². The molecule has 0 bridgehead atoms. The minimum Gasteiger partial charge on any atom is -0.497 e. The number of benzene rings is 1. The van der Waals surface area contributed by atoms with Gasteiger partial charge in [0.1, 0.15) is 17.3 Å². The minimum atomic E-state index is 0.506. The number of ether oxygens (including phenoxy) is 2. The van der Waals surface area contributed by atoms with Crippen molar-refractivity contribution in [2.45, 2.75) is 5.75 Å². The van der Waals surface area contributed by atoms with Gasteiger partial charge in [-0.1, -0.05) is 0 Å². The third-order valence-corrected chi connectivity index (χ3v) is 2.81. The van der Waals surface area contributed by atoms with Gasteiger partial charge in [0.25, 0.3) is 0 Å². The second-order valence-electron chi connectivity index (χ2n) is 3.58. The van der Waals surface area contributed by atoms with Gasteiger partial charge in [0.2, 0.25) is 0 Å². The highest BCUT2D eigenvalue weighted by Gasteiger charge is 2.09. The summed E-state index contributed by atoms with van der Waals surface area (Å²) in [7, 11) is 3.25. The molecule has 18 heavy (non-hydrogen) atoms. The second kappa shape index (κ2) is 5.73. The Bertz CT molecular complexity index is 546. The number of hydrogen-bond donors (Lipinski definition) is 1. The summed E-state index contributed by atoms with van der Waals surface area (Å²) in [6, 6.07) is 7.47. The van der Waals surface area contributed by atoms with Crippen molar-refractivity contribution < 1.29 is 9.47 Å². The molecule has 0 saturated carbocycles. The number of rotatable bonds is 4. The maximum Gasteiger partial charge on any atom is 0.138 e. The topological polar surface area (TPSA) is 44.2 Å². The van der Waals surface area contributed by atoms with Gasteiger partial charge in [0, 0.05) is 17.8 Å². The van der Waals surface area contributed by atoms with Crippen LogP contribution in [0.15, 0.2) is 30.5 Å². The fourth-order valence-corrected chi connectivity index (χ4v) is 1.79. The Hall–Kier alpha value is -1.75. The Morgan fingerprint density at radius 2 is 2.00 bits per heavy atom. The normalized spacial score (nSPS) is 10.2. The van der Waals surface area contributed by atoms with Gasteiger partial charge in [-0.25, -0.2) is 9.97 Å². The van der Waals surface area contributed by atoms with Crippen LogP contribution in [0.2, 0.25) is 0 Å². The molecule has 94 valence electrons. The van der Waals surface area contributed by atoms with E-state index in [1.165, 1.54) is 0 Å². The zero-order valence-electron chi connectivity index (χ0n) is 10.3. The maximum atomic E-state index is 5.36. The fourth-order valence-electron chi connectivity index (χ4n) is 1.64. The van der Waals surface area contributed by atoms with E-state index in [0.717, 1.165) is 22.8 Å². The standard InChI is InChI=1S/C13H14N2O2S/c1-16-9-3-4-10(12(7-9)17-2)11-5-6-14-13(8-18)15-11/h3-7,18H,8H2,1-2H3. The molecule has 0 saturated heterocycles. The predicted molar refractivity (Wildman–Crippen MR) is 73.3 cm³/mol. The van der Waals surface area contributed by atoms with Crippen molar-refractivity contribution >= 4 is 12.6 Å². The summed E-state index contributed by atoms with van der Waals surface area (Å²) >= 11 is 4.17. The largest absolute Gasteiger partial charge is 0.497 e. The van der Waals surface area contributed by atoms with Gasteiger partial charge in [-0.05, 0) is 18.2 Å². The van der Waals surface area contributed by atoms with Gasteiger partial charge < -0.3 is 9.47 Å². The van der Waals surface area contributed by atoms with Crippen LogP contribution in [0.25, 0.3) is 11.3 Å². The van der Waals surface area contributed by atoms with Crippen LogP contribution in [-0.4, -0.2) is 24.2 Å². The van der Waals surface area contributed by atoms with Gasteiger partial charge in [0.15, 0.2) is 0 Å². The molecule has 4 nitrogen and oxygen atoms in total. The van der Waals surface area contributed by atoms with E-state index in [1.807, 2.05) is 24.3 Å². The maximum absolute atomic E-state index is 5.36. The molecule has 0 aliphatic carbocycles. The van der Waals surface area contributed by atoms with E-state index in [2.05, 4.69) is 22.6 Å². The van der Waals surface area contributed by atoms with Crippen LogP contribution in [0.5, 0.6) is 11.5 Å². The zero-order valence-corrected chi connectivity index (χ0v) is 11.1. The third-order valence-electron chi connectivity index (χ3n) is 2.53. The Labute approximate surface area is 111 Å². The van der Waals surface area contributed by atoms with E-state index < -0.39 is 0 Å². The molecule has 1 aromatic carbocycles. The molecule has 0 fully saturated rings. The fraction of sp³-hybridized carbons (Fsp3) is 0.231. The average Bonchev–Trinajstić information content (AvgIpc) is 2.46. The van der Waals surface area contributed by atoms with Crippen molar-refractivity contribution in [1.82, 2.24) is 9.97 Å². The number of methoxy groups -OCH3 is 2. The van der Waals surface area contributed by atoms with E-state index in [-0.39, 0.29) is 0 Å².